The molecule has 0 aliphatic carbocycles. The molecule has 6 heteroatoms. The van der Waals surface area contributed by atoms with Gasteiger partial charge in [-0.25, -0.2) is 4.98 Å². The second-order valence-corrected chi connectivity index (χ2v) is 6.20. The van der Waals surface area contributed by atoms with Crippen molar-refractivity contribution in [1.29, 1.82) is 0 Å². The maximum absolute atomic E-state index is 6.27. The summed E-state index contributed by atoms with van der Waals surface area (Å²) in [5, 5.41) is 0.510. The van der Waals surface area contributed by atoms with Gasteiger partial charge in [-0.1, -0.05) is 17.7 Å². The summed E-state index contributed by atoms with van der Waals surface area (Å²) in [5.41, 5.74) is 1.85. The highest BCUT2D eigenvalue weighted by Crippen LogP contribution is 2.28. The molecule has 0 amide bonds. The molecule has 116 valence electrons. The van der Waals surface area contributed by atoms with Crippen molar-refractivity contribution in [1.82, 2.24) is 14.5 Å². The van der Waals surface area contributed by atoms with E-state index in [0.717, 1.165) is 43.1 Å². The van der Waals surface area contributed by atoms with Crippen molar-refractivity contribution in [2.24, 2.45) is 0 Å². The van der Waals surface area contributed by atoms with Gasteiger partial charge in [-0.15, -0.1) is 11.6 Å². The fourth-order valence-electron chi connectivity index (χ4n) is 2.30. The third-order valence-electron chi connectivity index (χ3n) is 3.50. The molecule has 0 bridgehead atoms. The van der Waals surface area contributed by atoms with Crippen LogP contribution in [0.1, 0.15) is 18.1 Å². The maximum Gasteiger partial charge on any atom is 0.127 e. The Morgan fingerprint density at radius 3 is 2.81 bits per heavy atom. The van der Waals surface area contributed by atoms with Crippen LogP contribution in [0.25, 0.3) is 11.0 Å². The zero-order valence-corrected chi connectivity index (χ0v) is 14.2. The van der Waals surface area contributed by atoms with E-state index in [1.54, 1.807) is 7.11 Å². The van der Waals surface area contributed by atoms with Gasteiger partial charge in [0.25, 0.3) is 0 Å². The van der Waals surface area contributed by atoms with Crippen molar-refractivity contribution in [2.75, 3.05) is 33.9 Å². The quantitative estimate of drug-likeness (QED) is 0.727. The summed E-state index contributed by atoms with van der Waals surface area (Å²) < 4.78 is 7.25. The number of para-hydroxylation sites is 1. The highest BCUT2D eigenvalue weighted by molar-refractivity contribution is 6.35. The first kappa shape index (κ1) is 16.6. The van der Waals surface area contributed by atoms with Gasteiger partial charge in [-0.05, 0) is 26.1 Å². The van der Waals surface area contributed by atoms with Crippen LogP contribution in [0.5, 0.6) is 0 Å². The number of methoxy groups -OCH3 is 1. The lowest BCUT2D eigenvalue weighted by molar-refractivity contribution is 0.159. The minimum absolute atomic E-state index is 0.155. The predicted molar refractivity (Wildman–Crippen MR) is 88.4 cm³/mol. The van der Waals surface area contributed by atoms with Gasteiger partial charge in [-0.2, -0.15) is 0 Å². The first-order valence-corrected chi connectivity index (χ1v) is 7.82. The topological polar surface area (TPSA) is 30.3 Å². The molecule has 2 rings (SSSR count). The van der Waals surface area contributed by atoms with E-state index in [0.29, 0.717) is 5.02 Å². The van der Waals surface area contributed by atoms with E-state index in [2.05, 4.69) is 21.5 Å². The Kier molecular flexibility index (Phi) is 5.88. The van der Waals surface area contributed by atoms with Gasteiger partial charge in [0.15, 0.2) is 0 Å². The molecule has 1 aromatic carbocycles. The molecule has 1 aromatic heterocycles. The number of imidazole rings is 1. The van der Waals surface area contributed by atoms with Crippen molar-refractivity contribution >= 4 is 34.2 Å². The lowest BCUT2D eigenvalue weighted by atomic mass is 10.3. The normalized spacial score (nSPS) is 13.2. The highest BCUT2D eigenvalue weighted by Gasteiger charge is 2.16. The van der Waals surface area contributed by atoms with E-state index in [1.165, 1.54) is 0 Å². The molecular weight excluding hydrogens is 309 g/mol. The number of halogens is 2. The summed E-state index contributed by atoms with van der Waals surface area (Å²) >= 11 is 12.5. The molecule has 2 aromatic rings. The third kappa shape index (κ3) is 3.89. The van der Waals surface area contributed by atoms with E-state index in [-0.39, 0.29) is 5.38 Å². The van der Waals surface area contributed by atoms with Gasteiger partial charge in [-0.3, -0.25) is 0 Å². The third-order valence-corrected chi connectivity index (χ3v) is 4.00. The number of ether oxygens (including phenoxy) is 1. The van der Waals surface area contributed by atoms with E-state index in [4.69, 9.17) is 27.9 Å². The number of hydrogen-bond acceptors (Lipinski definition) is 3. The Morgan fingerprint density at radius 2 is 2.14 bits per heavy atom. The van der Waals surface area contributed by atoms with E-state index >= 15 is 0 Å². The van der Waals surface area contributed by atoms with Crippen LogP contribution in [0, 0.1) is 0 Å². The molecule has 4 nitrogen and oxygen atoms in total. The molecule has 0 fully saturated rings. The molecule has 0 saturated carbocycles. The van der Waals surface area contributed by atoms with Crippen molar-refractivity contribution in [2.45, 2.75) is 18.8 Å². The SMILES string of the molecule is COCCN(C)CCn1c(C(C)Cl)nc2c(Cl)cccc21. The maximum atomic E-state index is 6.27. The first-order chi connectivity index (χ1) is 10.0. The molecule has 0 radical (unpaired) electrons. The van der Waals surface area contributed by atoms with Crippen LogP contribution in [0.4, 0.5) is 0 Å². The van der Waals surface area contributed by atoms with Gasteiger partial charge in [0.1, 0.15) is 11.3 Å². The van der Waals surface area contributed by atoms with Crippen LogP contribution >= 0.6 is 23.2 Å². The first-order valence-electron chi connectivity index (χ1n) is 7.00. The minimum Gasteiger partial charge on any atom is -0.383 e. The summed E-state index contributed by atoms with van der Waals surface area (Å²) in [4.78, 5) is 6.83. The van der Waals surface area contributed by atoms with Crippen LogP contribution in [0.15, 0.2) is 18.2 Å². The summed E-state index contributed by atoms with van der Waals surface area (Å²) in [6, 6.07) is 5.83. The van der Waals surface area contributed by atoms with Crippen molar-refractivity contribution < 1.29 is 4.74 Å². The summed E-state index contributed by atoms with van der Waals surface area (Å²) in [6.45, 7) is 5.28. The van der Waals surface area contributed by atoms with E-state index < -0.39 is 0 Å². The molecule has 21 heavy (non-hydrogen) atoms. The summed E-state index contributed by atoms with van der Waals surface area (Å²) in [5.74, 6) is 0.861. The van der Waals surface area contributed by atoms with Gasteiger partial charge in [0, 0.05) is 26.7 Å². The average molecular weight is 330 g/mol. The molecule has 0 aliphatic heterocycles. The number of aromatic nitrogens is 2. The minimum atomic E-state index is -0.155. The second-order valence-electron chi connectivity index (χ2n) is 5.14. The molecule has 0 N–H and O–H groups in total. The van der Waals surface area contributed by atoms with Gasteiger partial charge >= 0.3 is 0 Å². The second kappa shape index (κ2) is 7.45. The Morgan fingerprint density at radius 1 is 1.38 bits per heavy atom. The Hall–Kier alpha value is -0.810. The lowest BCUT2D eigenvalue weighted by Gasteiger charge is -2.18. The fraction of sp³-hybridized carbons (Fsp3) is 0.533. The largest absolute Gasteiger partial charge is 0.383 e. The van der Waals surface area contributed by atoms with Crippen molar-refractivity contribution in [3.63, 3.8) is 0 Å². The summed E-state index contributed by atoms with van der Waals surface area (Å²) in [6.07, 6.45) is 0. The number of fused-ring (bicyclic) bond motifs is 1. The van der Waals surface area contributed by atoms with Crippen LogP contribution in [0.3, 0.4) is 0 Å². The molecule has 1 unspecified atom stereocenters. The van der Waals surface area contributed by atoms with E-state index in [9.17, 15) is 0 Å². The standard InChI is InChI=1S/C15H21Cl2N3O/c1-11(16)15-18-14-12(17)5-4-6-13(14)20(15)8-7-19(2)9-10-21-3/h4-6,11H,7-10H2,1-3H3. The van der Waals surface area contributed by atoms with Crippen LogP contribution in [-0.2, 0) is 11.3 Å². The number of nitrogens with zero attached hydrogens (tertiary/aromatic N) is 3. The smallest absolute Gasteiger partial charge is 0.127 e. The van der Waals surface area contributed by atoms with Crippen molar-refractivity contribution in [3.05, 3.63) is 29.0 Å². The molecular formula is C15H21Cl2N3O. The molecule has 0 saturated heterocycles. The Balaban J connectivity index is 2.25. The number of benzene rings is 1. The molecule has 1 heterocycles. The summed E-state index contributed by atoms with van der Waals surface area (Å²) in [7, 11) is 3.79. The highest BCUT2D eigenvalue weighted by atomic mass is 35.5. The van der Waals surface area contributed by atoms with Crippen LogP contribution < -0.4 is 0 Å². The molecule has 1 atom stereocenters. The number of rotatable bonds is 7. The monoisotopic (exact) mass is 329 g/mol. The Labute approximate surface area is 135 Å². The van der Waals surface area contributed by atoms with Crippen LogP contribution in [-0.4, -0.2) is 48.3 Å². The molecule has 0 aliphatic rings. The molecule has 0 spiro atoms. The lowest BCUT2D eigenvalue weighted by Crippen LogP contribution is -2.27. The zero-order chi connectivity index (χ0) is 15.4. The zero-order valence-electron chi connectivity index (χ0n) is 12.6. The van der Waals surface area contributed by atoms with Crippen LogP contribution in [0.2, 0.25) is 5.02 Å². The average Bonchev–Trinajstić information content (AvgIpc) is 2.83. The number of hydrogen-bond donors (Lipinski definition) is 0. The number of alkyl halides is 1. The van der Waals surface area contributed by atoms with Gasteiger partial charge in [0.2, 0.25) is 0 Å². The van der Waals surface area contributed by atoms with E-state index in [1.807, 2.05) is 25.1 Å². The van der Waals surface area contributed by atoms with Gasteiger partial charge < -0.3 is 14.2 Å². The Bertz CT molecular complexity index is 598. The van der Waals surface area contributed by atoms with Gasteiger partial charge in [0.05, 0.1) is 22.5 Å². The fourth-order valence-corrected chi connectivity index (χ4v) is 2.68. The number of likely N-dealkylation sites (N-methyl/N-ethyl adjacent to an activating group) is 1. The predicted octanol–water partition coefficient (Wildman–Crippen LogP) is 3.57. The van der Waals surface area contributed by atoms with Crippen molar-refractivity contribution in [3.8, 4) is 0 Å².